The van der Waals surface area contributed by atoms with Crippen LogP contribution in [0.4, 0.5) is 5.69 Å². The topological polar surface area (TPSA) is 32.5 Å². The van der Waals surface area contributed by atoms with E-state index in [-0.39, 0.29) is 0 Å². The minimum Gasteiger partial charge on any atom is -0.370 e. The largest absolute Gasteiger partial charge is 0.370 e. The summed E-state index contributed by atoms with van der Waals surface area (Å²) in [5.74, 6) is 0. The van der Waals surface area contributed by atoms with Crippen LogP contribution >= 0.6 is 11.6 Å². The van der Waals surface area contributed by atoms with Gasteiger partial charge < -0.3 is 15.5 Å². The van der Waals surface area contributed by atoms with Gasteiger partial charge in [-0.1, -0.05) is 17.7 Å². The predicted molar refractivity (Wildman–Crippen MR) is 78.3 cm³/mol. The van der Waals surface area contributed by atoms with Crippen LogP contribution in [0.3, 0.4) is 0 Å². The van der Waals surface area contributed by atoms with Crippen LogP contribution in [0.2, 0.25) is 5.02 Å². The van der Waals surface area contributed by atoms with Crippen LogP contribution in [0.5, 0.6) is 0 Å². The minimum absolute atomic E-state index is 0.544. The summed E-state index contributed by atoms with van der Waals surface area (Å²) < 4.78 is 0. The summed E-state index contributed by atoms with van der Waals surface area (Å²) in [5.41, 5.74) is 7.86. The zero-order valence-corrected chi connectivity index (χ0v) is 12.0. The van der Waals surface area contributed by atoms with Crippen LogP contribution in [-0.4, -0.2) is 38.1 Å². The molecule has 4 heteroatoms. The van der Waals surface area contributed by atoms with Crippen molar-refractivity contribution >= 4 is 17.3 Å². The van der Waals surface area contributed by atoms with Crippen molar-refractivity contribution in [3.05, 3.63) is 28.8 Å². The summed E-state index contributed by atoms with van der Waals surface area (Å²) in [5, 5.41) is 0.821. The molecule has 0 bridgehead atoms. The lowest BCUT2D eigenvalue weighted by molar-refractivity contribution is 0.249. The van der Waals surface area contributed by atoms with Gasteiger partial charge in [0.1, 0.15) is 0 Å². The van der Waals surface area contributed by atoms with Gasteiger partial charge in [0, 0.05) is 25.7 Å². The lowest BCUT2D eigenvalue weighted by Crippen LogP contribution is -2.42. The summed E-state index contributed by atoms with van der Waals surface area (Å²) in [6, 6.07) is 6.85. The second-order valence-corrected chi connectivity index (χ2v) is 5.58. The third-order valence-corrected chi connectivity index (χ3v) is 4.09. The number of nitrogens with zero attached hydrogens (tertiary/aromatic N) is 2. The van der Waals surface area contributed by atoms with E-state index in [1.165, 1.54) is 12.8 Å². The van der Waals surface area contributed by atoms with Crippen molar-refractivity contribution in [2.45, 2.75) is 25.4 Å². The molecule has 0 atom stereocenters. The molecule has 3 nitrogen and oxygen atoms in total. The SMILES string of the molecule is CN(C)C1CCN(c2ccc(CN)cc2Cl)CC1. The smallest absolute Gasteiger partial charge is 0.0642 e. The second-order valence-electron chi connectivity index (χ2n) is 5.17. The normalized spacial score (nSPS) is 17.5. The summed E-state index contributed by atoms with van der Waals surface area (Å²) in [6.45, 7) is 2.69. The third kappa shape index (κ3) is 2.97. The molecule has 0 aromatic heterocycles. The molecule has 1 saturated heterocycles. The molecule has 1 heterocycles. The molecule has 0 aliphatic carbocycles. The second kappa shape index (κ2) is 5.91. The van der Waals surface area contributed by atoms with Crippen LogP contribution in [0.1, 0.15) is 18.4 Å². The molecule has 1 aromatic rings. The summed E-state index contributed by atoms with van der Waals surface area (Å²) in [7, 11) is 4.31. The molecule has 0 radical (unpaired) electrons. The molecule has 0 spiro atoms. The van der Waals surface area contributed by atoms with Crippen molar-refractivity contribution in [2.24, 2.45) is 5.73 Å². The number of benzene rings is 1. The van der Waals surface area contributed by atoms with Gasteiger partial charge in [0.25, 0.3) is 0 Å². The van der Waals surface area contributed by atoms with Crippen LogP contribution in [0.15, 0.2) is 18.2 Å². The van der Waals surface area contributed by atoms with Gasteiger partial charge in [0.15, 0.2) is 0 Å². The fraction of sp³-hybridized carbons (Fsp3) is 0.571. The van der Waals surface area contributed by atoms with E-state index in [2.05, 4.69) is 36.0 Å². The highest BCUT2D eigenvalue weighted by Crippen LogP contribution is 2.29. The van der Waals surface area contributed by atoms with Gasteiger partial charge >= 0.3 is 0 Å². The van der Waals surface area contributed by atoms with Crippen LogP contribution < -0.4 is 10.6 Å². The molecule has 1 aliphatic heterocycles. The monoisotopic (exact) mass is 267 g/mol. The van der Waals surface area contributed by atoms with Crippen molar-refractivity contribution in [1.82, 2.24) is 4.90 Å². The summed E-state index contributed by atoms with van der Waals surface area (Å²) in [4.78, 5) is 4.69. The van der Waals surface area contributed by atoms with E-state index >= 15 is 0 Å². The maximum atomic E-state index is 6.33. The zero-order valence-electron chi connectivity index (χ0n) is 11.2. The molecular weight excluding hydrogens is 246 g/mol. The van der Waals surface area contributed by atoms with E-state index < -0.39 is 0 Å². The van der Waals surface area contributed by atoms with Crippen molar-refractivity contribution < 1.29 is 0 Å². The molecule has 0 saturated carbocycles. The number of hydrogen-bond acceptors (Lipinski definition) is 3. The predicted octanol–water partition coefficient (Wildman–Crippen LogP) is 2.33. The van der Waals surface area contributed by atoms with E-state index in [4.69, 9.17) is 17.3 Å². The molecule has 2 N–H and O–H groups in total. The van der Waals surface area contributed by atoms with E-state index in [9.17, 15) is 0 Å². The molecular formula is C14H22ClN3. The van der Waals surface area contributed by atoms with Crippen molar-refractivity contribution in [3.8, 4) is 0 Å². The fourth-order valence-electron chi connectivity index (χ4n) is 2.56. The van der Waals surface area contributed by atoms with Crippen molar-refractivity contribution in [1.29, 1.82) is 0 Å². The first kappa shape index (κ1) is 13.7. The van der Waals surface area contributed by atoms with Crippen LogP contribution in [0.25, 0.3) is 0 Å². The zero-order chi connectivity index (χ0) is 13.1. The summed E-state index contributed by atoms with van der Waals surface area (Å²) >= 11 is 6.33. The molecule has 0 amide bonds. The quantitative estimate of drug-likeness (QED) is 0.912. The van der Waals surface area contributed by atoms with Gasteiger partial charge in [0.05, 0.1) is 10.7 Å². The minimum atomic E-state index is 0.544. The van der Waals surface area contributed by atoms with Gasteiger partial charge in [-0.25, -0.2) is 0 Å². The highest BCUT2D eigenvalue weighted by molar-refractivity contribution is 6.33. The van der Waals surface area contributed by atoms with Gasteiger partial charge in [-0.15, -0.1) is 0 Å². The Morgan fingerprint density at radius 2 is 2.00 bits per heavy atom. The van der Waals surface area contributed by atoms with E-state index in [0.29, 0.717) is 12.6 Å². The lowest BCUT2D eigenvalue weighted by atomic mass is 10.0. The Labute approximate surface area is 115 Å². The molecule has 1 aromatic carbocycles. The maximum absolute atomic E-state index is 6.33. The van der Waals surface area contributed by atoms with E-state index in [0.717, 1.165) is 29.4 Å². The average molecular weight is 268 g/mol. The van der Waals surface area contributed by atoms with Gasteiger partial charge in [-0.05, 0) is 44.6 Å². The first-order valence-corrected chi connectivity index (χ1v) is 6.89. The standard InChI is InChI=1S/C14H22ClN3/c1-17(2)12-5-7-18(8-6-12)14-4-3-11(10-16)9-13(14)15/h3-4,9,12H,5-8,10,16H2,1-2H3. The van der Waals surface area contributed by atoms with E-state index in [1.54, 1.807) is 0 Å². The van der Waals surface area contributed by atoms with Gasteiger partial charge in [0.2, 0.25) is 0 Å². The van der Waals surface area contributed by atoms with Crippen molar-refractivity contribution in [3.63, 3.8) is 0 Å². The number of piperidine rings is 1. The first-order valence-electron chi connectivity index (χ1n) is 6.51. The highest BCUT2D eigenvalue weighted by atomic mass is 35.5. The molecule has 1 aliphatic rings. The Morgan fingerprint density at radius 1 is 1.33 bits per heavy atom. The number of hydrogen-bond donors (Lipinski definition) is 1. The Kier molecular flexibility index (Phi) is 4.49. The lowest BCUT2D eigenvalue weighted by Gasteiger charge is -2.36. The van der Waals surface area contributed by atoms with Crippen LogP contribution in [0, 0.1) is 0 Å². The molecule has 2 rings (SSSR count). The average Bonchev–Trinajstić information content (AvgIpc) is 2.38. The Bertz CT molecular complexity index is 398. The van der Waals surface area contributed by atoms with Crippen LogP contribution in [-0.2, 0) is 6.54 Å². The molecule has 1 fully saturated rings. The maximum Gasteiger partial charge on any atom is 0.0642 e. The van der Waals surface area contributed by atoms with Crippen molar-refractivity contribution in [2.75, 3.05) is 32.1 Å². The number of nitrogens with two attached hydrogens (primary N) is 1. The highest BCUT2D eigenvalue weighted by Gasteiger charge is 2.21. The Balaban J connectivity index is 2.05. The Hall–Kier alpha value is -0.770. The fourth-order valence-corrected chi connectivity index (χ4v) is 2.88. The Morgan fingerprint density at radius 3 is 2.50 bits per heavy atom. The van der Waals surface area contributed by atoms with E-state index in [1.807, 2.05) is 6.07 Å². The van der Waals surface area contributed by atoms with Gasteiger partial charge in [-0.2, -0.15) is 0 Å². The number of rotatable bonds is 3. The molecule has 100 valence electrons. The number of halogens is 1. The molecule has 0 unspecified atom stereocenters. The summed E-state index contributed by atoms with van der Waals surface area (Å²) in [6.07, 6.45) is 2.39. The van der Waals surface area contributed by atoms with Gasteiger partial charge in [-0.3, -0.25) is 0 Å². The molecule has 18 heavy (non-hydrogen) atoms. The number of anilines is 1. The third-order valence-electron chi connectivity index (χ3n) is 3.78. The first-order chi connectivity index (χ1) is 8.61.